The third kappa shape index (κ3) is 5.27. The number of allylic oxidation sites excluding steroid dienone is 1. The molecule has 0 bridgehead atoms. The predicted molar refractivity (Wildman–Crippen MR) is 86.3 cm³/mol. The summed E-state index contributed by atoms with van der Waals surface area (Å²) in [6, 6.07) is 8.33. The predicted octanol–water partition coefficient (Wildman–Crippen LogP) is 3.78. The third-order valence-electron chi connectivity index (χ3n) is 2.41. The van der Waals surface area contributed by atoms with Gasteiger partial charge < -0.3 is 9.15 Å². The smallest absolute Gasteiger partial charge is 0.277 e. The number of hydrogen-bond acceptors (Lipinski definition) is 4. The minimum absolute atomic E-state index is 0.223. The van der Waals surface area contributed by atoms with E-state index in [0.717, 1.165) is 0 Å². The number of amides is 1. The molecule has 0 aliphatic heterocycles. The molecule has 0 unspecified atom stereocenters. The van der Waals surface area contributed by atoms with Gasteiger partial charge in [-0.25, -0.2) is 5.43 Å². The maximum Gasteiger partial charge on any atom is 0.277 e. The average Bonchev–Trinajstić information content (AvgIpc) is 3.01. The van der Waals surface area contributed by atoms with Gasteiger partial charge in [0, 0.05) is 17.3 Å². The highest BCUT2D eigenvalue weighted by atomic mass is 35.5. The van der Waals surface area contributed by atoms with E-state index in [2.05, 4.69) is 10.5 Å². The summed E-state index contributed by atoms with van der Waals surface area (Å²) in [6.45, 7) is -0.223. The number of carbonyl (C=O) groups excluding carboxylic acids is 1. The molecule has 0 saturated carbocycles. The van der Waals surface area contributed by atoms with E-state index in [1.807, 2.05) is 0 Å². The number of halogens is 2. The van der Waals surface area contributed by atoms with E-state index in [-0.39, 0.29) is 6.61 Å². The summed E-state index contributed by atoms with van der Waals surface area (Å²) in [4.78, 5) is 11.5. The lowest BCUT2D eigenvalue weighted by molar-refractivity contribution is -0.123. The van der Waals surface area contributed by atoms with E-state index in [0.29, 0.717) is 21.6 Å². The molecular weight excluding hydrogens is 327 g/mol. The first-order valence-corrected chi connectivity index (χ1v) is 7.00. The molecule has 2 aromatic rings. The fourth-order valence-corrected chi connectivity index (χ4v) is 1.77. The summed E-state index contributed by atoms with van der Waals surface area (Å²) in [6.07, 6.45) is 6.33. The highest BCUT2D eigenvalue weighted by Gasteiger charge is 2.05. The zero-order valence-electron chi connectivity index (χ0n) is 11.3. The fraction of sp³-hybridized carbons (Fsp3) is 0.0667. The monoisotopic (exact) mass is 338 g/mol. The van der Waals surface area contributed by atoms with Crippen LogP contribution in [0.25, 0.3) is 6.08 Å². The van der Waals surface area contributed by atoms with Crippen LogP contribution < -0.4 is 10.2 Å². The Labute approximate surface area is 137 Å². The van der Waals surface area contributed by atoms with Crippen LogP contribution in [0.2, 0.25) is 10.0 Å². The fourth-order valence-electron chi connectivity index (χ4n) is 1.44. The summed E-state index contributed by atoms with van der Waals surface area (Å²) < 4.78 is 10.4. The molecule has 0 saturated heterocycles. The van der Waals surface area contributed by atoms with Gasteiger partial charge in [-0.2, -0.15) is 5.10 Å². The maximum absolute atomic E-state index is 11.5. The largest absolute Gasteiger partial charge is 0.482 e. The number of rotatable bonds is 6. The van der Waals surface area contributed by atoms with Crippen molar-refractivity contribution in [1.29, 1.82) is 0 Å². The lowest BCUT2D eigenvalue weighted by Crippen LogP contribution is -2.24. The van der Waals surface area contributed by atoms with Crippen molar-refractivity contribution in [3.63, 3.8) is 0 Å². The van der Waals surface area contributed by atoms with Crippen molar-refractivity contribution in [2.24, 2.45) is 5.10 Å². The van der Waals surface area contributed by atoms with Crippen LogP contribution in [0.1, 0.15) is 5.76 Å². The Morgan fingerprint density at radius 3 is 3.00 bits per heavy atom. The van der Waals surface area contributed by atoms with E-state index >= 15 is 0 Å². The Morgan fingerprint density at radius 1 is 1.36 bits per heavy atom. The lowest BCUT2D eigenvalue weighted by Gasteiger charge is -2.06. The van der Waals surface area contributed by atoms with E-state index in [4.69, 9.17) is 32.4 Å². The van der Waals surface area contributed by atoms with Crippen LogP contribution in [0.15, 0.2) is 52.2 Å². The molecule has 1 amide bonds. The van der Waals surface area contributed by atoms with Gasteiger partial charge in [0.15, 0.2) is 6.61 Å². The molecule has 114 valence electrons. The summed E-state index contributed by atoms with van der Waals surface area (Å²) in [5, 5.41) is 4.58. The van der Waals surface area contributed by atoms with Crippen LogP contribution in [0.3, 0.4) is 0 Å². The first kappa shape index (κ1) is 16.1. The highest BCUT2D eigenvalue weighted by Crippen LogP contribution is 2.27. The van der Waals surface area contributed by atoms with Crippen LogP contribution in [0.4, 0.5) is 0 Å². The summed E-state index contributed by atoms with van der Waals surface area (Å²) in [7, 11) is 0. The Balaban J connectivity index is 1.75. The molecule has 7 heteroatoms. The van der Waals surface area contributed by atoms with Crippen molar-refractivity contribution in [3.8, 4) is 5.75 Å². The Morgan fingerprint density at radius 2 is 2.23 bits per heavy atom. The zero-order chi connectivity index (χ0) is 15.8. The number of hydrogen-bond donors (Lipinski definition) is 1. The minimum Gasteiger partial charge on any atom is -0.482 e. The first-order chi connectivity index (χ1) is 10.6. The number of ether oxygens (including phenoxy) is 1. The minimum atomic E-state index is -0.418. The molecule has 0 atom stereocenters. The number of nitrogens with zero attached hydrogens (tertiary/aromatic N) is 1. The van der Waals surface area contributed by atoms with Gasteiger partial charge in [0.05, 0.1) is 11.3 Å². The molecule has 0 spiro atoms. The van der Waals surface area contributed by atoms with E-state index in [9.17, 15) is 4.79 Å². The van der Waals surface area contributed by atoms with Gasteiger partial charge in [-0.3, -0.25) is 4.79 Å². The second-order valence-electron chi connectivity index (χ2n) is 4.05. The Kier molecular flexibility index (Phi) is 6.06. The quantitative estimate of drug-likeness (QED) is 0.643. The molecular formula is C15H12Cl2N2O3. The molecule has 1 heterocycles. The standard InChI is InChI=1S/C15H12Cl2N2O3/c16-11-5-6-13(17)14(9-11)22-10-15(20)19-18-7-1-3-12-4-2-8-21-12/h1-9H,10H2,(H,19,20)/b3-1+,18-7-. The van der Waals surface area contributed by atoms with Crippen molar-refractivity contribution in [1.82, 2.24) is 5.43 Å². The van der Waals surface area contributed by atoms with Crippen molar-refractivity contribution >= 4 is 41.4 Å². The molecule has 1 aromatic heterocycles. The van der Waals surface area contributed by atoms with Crippen molar-refractivity contribution in [3.05, 3.63) is 58.5 Å². The van der Waals surface area contributed by atoms with Gasteiger partial charge in [-0.1, -0.05) is 23.2 Å². The average molecular weight is 339 g/mol. The van der Waals surface area contributed by atoms with Gasteiger partial charge >= 0.3 is 0 Å². The molecule has 1 aromatic carbocycles. The van der Waals surface area contributed by atoms with Crippen LogP contribution in [-0.2, 0) is 4.79 Å². The van der Waals surface area contributed by atoms with Crippen LogP contribution in [-0.4, -0.2) is 18.7 Å². The maximum atomic E-state index is 11.5. The molecule has 1 N–H and O–H groups in total. The van der Waals surface area contributed by atoms with E-state index in [1.54, 1.807) is 42.7 Å². The van der Waals surface area contributed by atoms with Crippen molar-refractivity contribution < 1.29 is 13.9 Å². The topological polar surface area (TPSA) is 63.8 Å². The number of nitrogens with one attached hydrogen (secondary N) is 1. The molecule has 2 rings (SSSR count). The number of furan rings is 1. The van der Waals surface area contributed by atoms with E-state index in [1.165, 1.54) is 12.3 Å². The lowest BCUT2D eigenvalue weighted by atomic mass is 10.3. The van der Waals surface area contributed by atoms with Gasteiger partial charge in [0.2, 0.25) is 0 Å². The normalized spacial score (nSPS) is 11.2. The van der Waals surface area contributed by atoms with Crippen LogP contribution in [0.5, 0.6) is 5.75 Å². The molecule has 22 heavy (non-hydrogen) atoms. The van der Waals surface area contributed by atoms with Gasteiger partial charge in [-0.15, -0.1) is 0 Å². The van der Waals surface area contributed by atoms with Crippen LogP contribution >= 0.6 is 23.2 Å². The number of hydrazone groups is 1. The first-order valence-electron chi connectivity index (χ1n) is 6.25. The van der Waals surface area contributed by atoms with E-state index < -0.39 is 5.91 Å². The Bertz CT molecular complexity index is 682. The zero-order valence-corrected chi connectivity index (χ0v) is 12.8. The second kappa shape index (κ2) is 8.26. The number of carbonyl (C=O) groups is 1. The van der Waals surface area contributed by atoms with Gasteiger partial charge in [0.25, 0.3) is 5.91 Å². The number of benzene rings is 1. The summed E-state index contributed by atoms with van der Waals surface area (Å²) >= 11 is 11.7. The summed E-state index contributed by atoms with van der Waals surface area (Å²) in [5.41, 5.74) is 2.31. The van der Waals surface area contributed by atoms with Gasteiger partial charge in [0.1, 0.15) is 11.5 Å². The second-order valence-corrected chi connectivity index (χ2v) is 4.89. The molecule has 0 radical (unpaired) electrons. The Hall–Kier alpha value is -2.24. The SMILES string of the molecule is O=C(COc1cc(Cl)ccc1Cl)N/N=C\C=C\c1ccco1. The summed E-state index contributed by atoms with van der Waals surface area (Å²) in [5.74, 6) is 0.612. The molecule has 0 aliphatic rings. The molecule has 5 nitrogen and oxygen atoms in total. The van der Waals surface area contributed by atoms with Crippen LogP contribution in [0, 0.1) is 0 Å². The van der Waals surface area contributed by atoms with Crippen molar-refractivity contribution in [2.75, 3.05) is 6.61 Å². The molecule has 0 aliphatic carbocycles. The van der Waals surface area contributed by atoms with Crippen molar-refractivity contribution in [2.45, 2.75) is 0 Å². The highest BCUT2D eigenvalue weighted by molar-refractivity contribution is 6.34. The third-order valence-corrected chi connectivity index (χ3v) is 2.95. The van der Waals surface area contributed by atoms with Gasteiger partial charge in [-0.05, 0) is 36.4 Å². The molecule has 0 fully saturated rings.